The monoisotopic (exact) mass is 348 g/mol. The zero-order valence-electron chi connectivity index (χ0n) is 15.0. The van der Waals surface area contributed by atoms with Gasteiger partial charge in [0.05, 0.1) is 0 Å². The van der Waals surface area contributed by atoms with Crippen LogP contribution in [-0.2, 0) is 15.0 Å². The Morgan fingerprint density at radius 3 is 1.74 bits per heavy atom. The predicted molar refractivity (Wildman–Crippen MR) is 96.4 cm³/mol. The van der Waals surface area contributed by atoms with Crippen LogP contribution in [0.1, 0.15) is 97.3 Å². The number of amides is 1. The maximum atomic E-state index is 11.4. The quantitative estimate of drug-likeness (QED) is 0.308. The number of carbonyl (C=O) groups is 1. The Hall–Kier alpha value is -0.620. The van der Waals surface area contributed by atoms with Gasteiger partial charge in [0, 0.05) is 6.04 Å². The molecule has 0 heterocycles. The van der Waals surface area contributed by atoms with Crippen LogP contribution in [0, 0.1) is 0 Å². The lowest BCUT2D eigenvalue weighted by atomic mass is 10.0. The molecule has 0 aliphatic heterocycles. The average Bonchev–Trinajstić information content (AvgIpc) is 2.51. The lowest BCUT2D eigenvalue weighted by molar-refractivity contribution is -0.108. The van der Waals surface area contributed by atoms with Gasteiger partial charge in [0.1, 0.15) is 0 Å². The van der Waals surface area contributed by atoms with E-state index in [1.807, 2.05) is 11.6 Å². The molecule has 0 saturated carbocycles. The van der Waals surface area contributed by atoms with Crippen LogP contribution in [0.25, 0.3) is 0 Å². The maximum Gasteiger partial charge on any atom is 0.301 e. The molecule has 138 valence electrons. The number of nitrogens with one attached hydrogen (secondary N) is 2. The van der Waals surface area contributed by atoms with Gasteiger partial charge in [0.15, 0.2) is 0 Å². The smallest absolute Gasteiger partial charge is 0.278 e. The van der Waals surface area contributed by atoms with Crippen molar-refractivity contribution in [1.29, 1.82) is 0 Å². The van der Waals surface area contributed by atoms with Gasteiger partial charge in [-0.1, -0.05) is 84.5 Å². The summed E-state index contributed by atoms with van der Waals surface area (Å²) in [6.45, 7) is 4.19. The number of unbranched alkanes of at least 4 members (excludes halogenated alkanes) is 10. The molecule has 0 spiro atoms. The van der Waals surface area contributed by atoms with E-state index in [2.05, 4.69) is 11.6 Å². The van der Waals surface area contributed by atoms with Crippen molar-refractivity contribution in [1.82, 2.24) is 9.44 Å². The van der Waals surface area contributed by atoms with E-state index >= 15 is 0 Å². The highest BCUT2D eigenvalue weighted by Gasteiger charge is 2.14. The number of hydrogen-bond acceptors (Lipinski definition) is 3. The third-order valence-electron chi connectivity index (χ3n) is 4.17. The van der Waals surface area contributed by atoms with Gasteiger partial charge >= 0.3 is 10.2 Å². The normalized spacial score (nSPS) is 13.0. The largest absolute Gasteiger partial charge is 0.301 e. The Morgan fingerprint density at radius 1 is 0.826 bits per heavy atom. The molecule has 0 radical (unpaired) electrons. The summed E-state index contributed by atoms with van der Waals surface area (Å²) >= 11 is 0. The van der Waals surface area contributed by atoms with Crippen molar-refractivity contribution in [3.05, 3.63) is 0 Å². The van der Waals surface area contributed by atoms with Crippen LogP contribution >= 0.6 is 0 Å². The van der Waals surface area contributed by atoms with Gasteiger partial charge < -0.3 is 0 Å². The third-order valence-corrected chi connectivity index (χ3v) is 5.22. The van der Waals surface area contributed by atoms with E-state index in [9.17, 15) is 13.2 Å². The highest BCUT2D eigenvalue weighted by Crippen LogP contribution is 2.13. The highest BCUT2D eigenvalue weighted by atomic mass is 32.2. The fourth-order valence-electron chi connectivity index (χ4n) is 2.72. The molecule has 0 aromatic rings. The SMILES string of the molecule is CCCCCCCCCCCCCC(CC)NS(=O)(=O)NC=O. The van der Waals surface area contributed by atoms with Crippen molar-refractivity contribution >= 4 is 16.6 Å². The van der Waals surface area contributed by atoms with Gasteiger partial charge in [-0.3, -0.25) is 4.79 Å². The summed E-state index contributed by atoms with van der Waals surface area (Å²) in [4.78, 5) is 10.2. The molecule has 1 atom stereocenters. The summed E-state index contributed by atoms with van der Waals surface area (Å²) in [5.74, 6) is 0. The molecule has 2 N–H and O–H groups in total. The topological polar surface area (TPSA) is 75.3 Å². The number of carbonyl (C=O) groups excluding carboxylic acids is 1. The molecule has 0 aromatic carbocycles. The van der Waals surface area contributed by atoms with E-state index in [1.165, 1.54) is 57.8 Å². The van der Waals surface area contributed by atoms with Crippen molar-refractivity contribution in [2.24, 2.45) is 0 Å². The molecule has 0 bridgehead atoms. The van der Waals surface area contributed by atoms with Gasteiger partial charge in [0.2, 0.25) is 6.41 Å². The van der Waals surface area contributed by atoms with Crippen molar-refractivity contribution in [3.63, 3.8) is 0 Å². The Morgan fingerprint density at radius 2 is 1.30 bits per heavy atom. The molecule has 0 fully saturated rings. The molecule has 6 heteroatoms. The molecule has 1 amide bonds. The first kappa shape index (κ1) is 22.4. The Kier molecular flexibility index (Phi) is 14.5. The van der Waals surface area contributed by atoms with E-state index in [4.69, 9.17) is 0 Å². The number of rotatable bonds is 17. The first-order valence-electron chi connectivity index (χ1n) is 9.29. The fourth-order valence-corrected chi connectivity index (χ4v) is 3.64. The highest BCUT2D eigenvalue weighted by molar-refractivity contribution is 7.88. The van der Waals surface area contributed by atoms with Crippen LogP contribution in [0.15, 0.2) is 0 Å². The molecular formula is C17H36N2O3S. The Labute approximate surface area is 143 Å². The van der Waals surface area contributed by atoms with Gasteiger partial charge in [-0.25, -0.2) is 4.72 Å². The summed E-state index contributed by atoms with van der Waals surface area (Å²) < 4.78 is 27.2. The Bertz CT molecular complexity index is 372. The third kappa shape index (κ3) is 14.7. The lowest BCUT2D eigenvalue weighted by Crippen LogP contribution is -2.41. The molecule has 5 nitrogen and oxygen atoms in total. The first-order chi connectivity index (χ1) is 11.1. The van der Waals surface area contributed by atoms with Crippen LogP contribution in [0.2, 0.25) is 0 Å². The molecule has 0 aliphatic carbocycles. The molecule has 23 heavy (non-hydrogen) atoms. The van der Waals surface area contributed by atoms with E-state index in [1.54, 1.807) is 0 Å². The summed E-state index contributed by atoms with van der Waals surface area (Å²) in [5, 5.41) is 0. The molecular weight excluding hydrogens is 312 g/mol. The minimum atomic E-state index is -3.68. The zero-order chi connectivity index (χ0) is 17.4. The van der Waals surface area contributed by atoms with Crippen LogP contribution < -0.4 is 9.44 Å². The van der Waals surface area contributed by atoms with Crippen LogP contribution in [0.4, 0.5) is 0 Å². The lowest BCUT2D eigenvalue weighted by Gasteiger charge is -2.16. The van der Waals surface area contributed by atoms with Crippen LogP contribution in [0.5, 0.6) is 0 Å². The molecule has 1 unspecified atom stereocenters. The second-order valence-electron chi connectivity index (χ2n) is 6.29. The minimum absolute atomic E-state index is 0.0917. The van der Waals surface area contributed by atoms with Crippen LogP contribution in [-0.4, -0.2) is 20.9 Å². The standard InChI is InChI=1S/C17H36N2O3S/c1-3-5-6-7-8-9-10-11-12-13-14-15-17(4-2)19-23(21,22)18-16-20/h16-17,19H,3-15H2,1-2H3,(H,18,20). The van der Waals surface area contributed by atoms with Gasteiger partial charge in [-0.05, 0) is 12.8 Å². The van der Waals surface area contributed by atoms with Gasteiger partial charge in [-0.15, -0.1) is 0 Å². The van der Waals surface area contributed by atoms with Crippen molar-refractivity contribution in [3.8, 4) is 0 Å². The van der Waals surface area contributed by atoms with E-state index in [0.29, 0.717) is 0 Å². The fraction of sp³-hybridized carbons (Fsp3) is 0.941. The van der Waals surface area contributed by atoms with Gasteiger partial charge in [0.25, 0.3) is 0 Å². The van der Waals surface area contributed by atoms with Crippen LogP contribution in [0.3, 0.4) is 0 Å². The summed E-state index contributed by atoms with van der Waals surface area (Å²) in [7, 11) is -3.68. The molecule has 0 rings (SSSR count). The maximum absolute atomic E-state index is 11.4. The van der Waals surface area contributed by atoms with E-state index < -0.39 is 10.2 Å². The number of hydrogen-bond donors (Lipinski definition) is 2. The second-order valence-corrected chi connectivity index (χ2v) is 7.76. The van der Waals surface area contributed by atoms with E-state index in [-0.39, 0.29) is 12.5 Å². The second kappa shape index (κ2) is 14.9. The average molecular weight is 349 g/mol. The summed E-state index contributed by atoms with van der Waals surface area (Å²) in [6, 6.07) is -0.0917. The molecule has 0 saturated heterocycles. The first-order valence-corrected chi connectivity index (χ1v) is 10.8. The molecule has 0 aliphatic rings. The van der Waals surface area contributed by atoms with Gasteiger partial charge in [-0.2, -0.15) is 13.1 Å². The Balaban J connectivity index is 3.53. The molecule has 0 aromatic heterocycles. The summed E-state index contributed by atoms with van der Waals surface area (Å²) in [5.41, 5.74) is 0. The minimum Gasteiger partial charge on any atom is -0.278 e. The van der Waals surface area contributed by atoms with Crippen molar-refractivity contribution < 1.29 is 13.2 Å². The zero-order valence-corrected chi connectivity index (χ0v) is 15.8. The van der Waals surface area contributed by atoms with Crippen molar-refractivity contribution in [2.45, 2.75) is 103 Å². The van der Waals surface area contributed by atoms with E-state index in [0.717, 1.165) is 25.7 Å². The van der Waals surface area contributed by atoms with Crippen molar-refractivity contribution in [2.75, 3.05) is 0 Å². The summed E-state index contributed by atoms with van der Waals surface area (Å²) in [6.07, 6.45) is 15.9. The predicted octanol–water partition coefficient (Wildman–Crippen LogP) is 4.05.